The lowest BCUT2D eigenvalue weighted by Crippen LogP contribution is -2.33. The third kappa shape index (κ3) is 4.22. The summed E-state index contributed by atoms with van der Waals surface area (Å²) in [5.74, 6) is 0.143. The third-order valence-corrected chi connectivity index (χ3v) is 5.29. The molecular formula is C19H30N4O2. The summed E-state index contributed by atoms with van der Waals surface area (Å²) in [6.07, 6.45) is 10.6. The molecule has 138 valence electrons. The van der Waals surface area contributed by atoms with Crippen LogP contribution in [0.5, 0.6) is 0 Å². The number of rotatable bonds is 7. The van der Waals surface area contributed by atoms with Gasteiger partial charge in [0.25, 0.3) is 11.8 Å². The van der Waals surface area contributed by atoms with Gasteiger partial charge in [-0.2, -0.15) is 0 Å². The minimum atomic E-state index is -0.154. The van der Waals surface area contributed by atoms with Gasteiger partial charge in [0.2, 0.25) is 0 Å². The molecule has 6 nitrogen and oxygen atoms in total. The maximum Gasteiger partial charge on any atom is 0.287 e. The number of carbonyl (C=O) groups is 2. The van der Waals surface area contributed by atoms with Crippen LogP contribution in [0.1, 0.15) is 91.5 Å². The first-order valence-corrected chi connectivity index (χ1v) is 9.89. The standard InChI is InChI=1S/C19H30N4O2/c1-2-3-7-12-20-19(25)17-22-16(15-11-6-8-13-23(15)17)18(24)21-14-9-4-5-10-14/h14H,2-13H2,1H3,(H,20,25)(H,21,24). The number of aromatic nitrogens is 2. The molecule has 1 aliphatic heterocycles. The van der Waals surface area contributed by atoms with Crippen molar-refractivity contribution in [2.24, 2.45) is 0 Å². The van der Waals surface area contributed by atoms with Gasteiger partial charge in [0.05, 0.1) is 5.69 Å². The molecule has 2 heterocycles. The molecule has 6 heteroatoms. The lowest BCUT2D eigenvalue weighted by atomic mass is 10.1. The van der Waals surface area contributed by atoms with Crippen molar-refractivity contribution in [3.63, 3.8) is 0 Å². The van der Waals surface area contributed by atoms with E-state index in [0.717, 1.165) is 63.6 Å². The smallest absolute Gasteiger partial charge is 0.287 e. The van der Waals surface area contributed by atoms with E-state index in [-0.39, 0.29) is 17.9 Å². The van der Waals surface area contributed by atoms with Gasteiger partial charge < -0.3 is 15.2 Å². The van der Waals surface area contributed by atoms with Gasteiger partial charge in [-0.25, -0.2) is 4.98 Å². The normalized spacial score (nSPS) is 17.3. The van der Waals surface area contributed by atoms with Crippen molar-refractivity contribution >= 4 is 11.8 Å². The molecular weight excluding hydrogens is 316 g/mol. The minimum absolute atomic E-state index is 0.109. The van der Waals surface area contributed by atoms with Crippen molar-refractivity contribution in [1.29, 1.82) is 0 Å². The molecule has 1 aromatic rings. The Morgan fingerprint density at radius 1 is 1.12 bits per heavy atom. The van der Waals surface area contributed by atoms with Crippen LogP contribution in [0, 0.1) is 0 Å². The van der Waals surface area contributed by atoms with Crippen molar-refractivity contribution in [2.75, 3.05) is 6.54 Å². The summed E-state index contributed by atoms with van der Waals surface area (Å²) in [5.41, 5.74) is 1.39. The van der Waals surface area contributed by atoms with Gasteiger partial charge in [0.15, 0.2) is 5.82 Å². The van der Waals surface area contributed by atoms with Gasteiger partial charge in [0, 0.05) is 19.1 Å². The fraction of sp³-hybridized carbons (Fsp3) is 0.737. The molecule has 1 fully saturated rings. The summed E-state index contributed by atoms with van der Waals surface area (Å²) < 4.78 is 1.96. The average molecular weight is 346 g/mol. The zero-order valence-corrected chi connectivity index (χ0v) is 15.3. The van der Waals surface area contributed by atoms with Gasteiger partial charge in [-0.1, -0.05) is 32.6 Å². The van der Waals surface area contributed by atoms with Crippen LogP contribution in [-0.2, 0) is 13.0 Å². The lowest BCUT2D eigenvalue weighted by molar-refractivity contribution is 0.0931. The molecule has 0 saturated heterocycles. The number of nitrogens with one attached hydrogen (secondary N) is 2. The van der Waals surface area contributed by atoms with E-state index in [0.29, 0.717) is 18.1 Å². The first-order chi connectivity index (χ1) is 12.2. The zero-order valence-electron chi connectivity index (χ0n) is 15.3. The number of hydrogen-bond donors (Lipinski definition) is 2. The Labute approximate surface area is 149 Å². The summed E-state index contributed by atoms with van der Waals surface area (Å²) in [7, 11) is 0. The fourth-order valence-electron chi connectivity index (χ4n) is 3.88. The molecule has 0 bridgehead atoms. The van der Waals surface area contributed by atoms with E-state index in [9.17, 15) is 9.59 Å². The van der Waals surface area contributed by atoms with Gasteiger partial charge in [-0.3, -0.25) is 9.59 Å². The Balaban J connectivity index is 1.73. The number of nitrogens with zero attached hydrogens (tertiary/aromatic N) is 2. The highest BCUT2D eigenvalue weighted by atomic mass is 16.2. The summed E-state index contributed by atoms with van der Waals surface area (Å²) in [4.78, 5) is 29.7. The minimum Gasteiger partial charge on any atom is -0.349 e. The summed E-state index contributed by atoms with van der Waals surface area (Å²) >= 11 is 0. The highest BCUT2D eigenvalue weighted by Gasteiger charge is 2.28. The molecule has 0 radical (unpaired) electrons. The third-order valence-electron chi connectivity index (χ3n) is 5.29. The molecule has 2 N–H and O–H groups in total. The number of unbranched alkanes of at least 4 members (excludes halogenated alkanes) is 2. The molecule has 1 aliphatic carbocycles. The van der Waals surface area contributed by atoms with Crippen LogP contribution in [0.4, 0.5) is 0 Å². The first-order valence-electron chi connectivity index (χ1n) is 9.89. The van der Waals surface area contributed by atoms with E-state index in [4.69, 9.17) is 0 Å². The van der Waals surface area contributed by atoms with E-state index in [1.165, 1.54) is 12.8 Å². The molecule has 0 atom stereocenters. The molecule has 2 amide bonds. The second-order valence-corrected chi connectivity index (χ2v) is 7.26. The van der Waals surface area contributed by atoms with Crippen molar-refractivity contribution < 1.29 is 9.59 Å². The molecule has 25 heavy (non-hydrogen) atoms. The SMILES string of the molecule is CCCCCNC(=O)c1nc(C(=O)NC2CCCC2)c2n1CCCC2. The number of fused-ring (bicyclic) bond motifs is 1. The Kier molecular flexibility index (Phi) is 6.10. The number of amides is 2. The summed E-state index contributed by atoms with van der Waals surface area (Å²) in [5, 5.41) is 6.07. The molecule has 0 spiro atoms. The van der Waals surface area contributed by atoms with Crippen molar-refractivity contribution in [1.82, 2.24) is 20.2 Å². The molecule has 1 aromatic heterocycles. The monoisotopic (exact) mass is 346 g/mol. The Morgan fingerprint density at radius 3 is 2.68 bits per heavy atom. The fourth-order valence-corrected chi connectivity index (χ4v) is 3.88. The first kappa shape index (κ1) is 18.0. The van der Waals surface area contributed by atoms with E-state index in [1.54, 1.807) is 0 Å². The Hall–Kier alpha value is -1.85. The maximum absolute atomic E-state index is 12.7. The summed E-state index contributed by atoms with van der Waals surface area (Å²) in [6.45, 7) is 3.58. The number of carbonyl (C=O) groups excluding carboxylic acids is 2. The largest absolute Gasteiger partial charge is 0.349 e. The molecule has 0 unspecified atom stereocenters. The zero-order chi connectivity index (χ0) is 17.6. The van der Waals surface area contributed by atoms with Gasteiger partial charge in [-0.15, -0.1) is 0 Å². The maximum atomic E-state index is 12.7. The van der Waals surface area contributed by atoms with Gasteiger partial charge >= 0.3 is 0 Å². The topological polar surface area (TPSA) is 76.0 Å². The van der Waals surface area contributed by atoms with Crippen LogP contribution in [0.3, 0.4) is 0 Å². The predicted octanol–water partition coefficient (Wildman–Crippen LogP) is 2.81. The van der Waals surface area contributed by atoms with Crippen molar-refractivity contribution in [3.05, 3.63) is 17.2 Å². The average Bonchev–Trinajstić information content (AvgIpc) is 3.26. The Bertz CT molecular complexity index is 617. The van der Waals surface area contributed by atoms with E-state index < -0.39 is 0 Å². The second-order valence-electron chi connectivity index (χ2n) is 7.26. The molecule has 3 rings (SSSR count). The number of hydrogen-bond acceptors (Lipinski definition) is 3. The number of imidazole rings is 1. The van der Waals surface area contributed by atoms with Crippen LogP contribution in [0.2, 0.25) is 0 Å². The Morgan fingerprint density at radius 2 is 1.92 bits per heavy atom. The van der Waals surface area contributed by atoms with Crippen molar-refractivity contribution in [2.45, 2.75) is 83.7 Å². The van der Waals surface area contributed by atoms with E-state index >= 15 is 0 Å². The van der Waals surface area contributed by atoms with Crippen LogP contribution < -0.4 is 10.6 Å². The second kappa shape index (κ2) is 8.50. The quantitative estimate of drug-likeness (QED) is 0.746. The highest BCUT2D eigenvalue weighted by molar-refractivity contribution is 5.97. The van der Waals surface area contributed by atoms with Crippen LogP contribution in [-0.4, -0.2) is 34.0 Å². The highest BCUT2D eigenvalue weighted by Crippen LogP contribution is 2.23. The van der Waals surface area contributed by atoms with E-state index in [1.807, 2.05) is 4.57 Å². The van der Waals surface area contributed by atoms with Crippen LogP contribution >= 0.6 is 0 Å². The van der Waals surface area contributed by atoms with Crippen LogP contribution in [0.25, 0.3) is 0 Å². The van der Waals surface area contributed by atoms with Gasteiger partial charge in [0.1, 0.15) is 5.69 Å². The predicted molar refractivity (Wildman–Crippen MR) is 96.7 cm³/mol. The lowest BCUT2D eigenvalue weighted by Gasteiger charge is -2.17. The van der Waals surface area contributed by atoms with Crippen LogP contribution in [0.15, 0.2) is 0 Å². The molecule has 0 aromatic carbocycles. The molecule has 2 aliphatic rings. The van der Waals surface area contributed by atoms with Crippen molar-refractivity contribution in [3.8, 4) is 0 Å². The van der Waals surface area contributed by atoms with E-state index in [2.05, 4.69) is 22.5 Å². The van der Waals surface area contributed by atoms with Gasteiger partial charge in [-0.05, 0) is 38.5 Å². The molecule has 1 saturated carbocycles. The summed E-state index contributed by atoms with van der Waals surface area (Å²) in [6, 6.07) is 0.264.